The number of nitrogens with zero attached hydrogens (tertiary/aromatic N) is 2. The number of hydrogen-bond acceptors (Lipinski definition) is 6. The molecule has 3 N–H and O–H groups in total. The first kappa shape index (κ1) is 13.5. The lowest BCUT2D eigenvalue weighted by molar-refractivity contribution is 0.236. The second-order valence-electron chi connectivity index (χ2n) is 3.56. The summed E-state index contributed by atoms with van der Waals surface area (Å²) in [6.45, 7) is -0.209. The van der Waals surface area contributed by atoms with Gasteiger partial charge in [0, 0.05) is 9.37 Å². The molecule has 0 fully saturated rings. The molecule has 0 amide bonds. The van der Waals surface area contributed by atoms with Crippen LogP contribution in [0.4, 0.5) is 0 Å². The summed E-state index contributed by atoms with van der Waals surface area (Å²) in [5.41, 5.74) is 5.58. The van der Waals surface area contributed by atoms with Crippen LogP contribution >= 0.6 is 27.7 Å². The summed E-state index contributed by atoms with van der Waals surface area (Å²) in [4.78, 5) is 5.23. The fourth-order valence-corrected chi connectivity index (χ4v) is 2.67. The molecule has 0 aliphatic heterocycles. The number of halogens is 1. The molecule has 0 aliphatic rings. The van der Waals surface area contributed by atoms with Gasteiger partial charge in [-0.2, -0.15) is 4.98 Å². The Labute approximate surface area is 117 Å². The predicted octanol–water partition coefficient (Wildman–Crippen LogP) is 2.12. The summed E-state index contributed by atoms with van der Waals surface area (Å²) < 4.78 is 6.00. The first-order chi connectivity index (χ1) is 8.70. The van der Waals surface area contributed by atoms with Crippen molar-refractivity contribution >= 4 is 27.7 Å². The van der Waals surface area contributed by atoms with Gasteiger partial charge in [0.05, 0.1) is 12.4 Å². The Morgan fingerprint density at radius 2 is 2.22 bits per heavy atom. The van der Waals surface area contributed by atoms with Crippen LogP contribution in [-0.2, 0) is 5.75 Å². The number of rotatable bonds is 5. The molecule has 0 saturated heterocycles. The average Bonchev–Trinajstić information content (AvgIpc) is 2.86. The van der Waals surface area contributed by atoms with Crippen LogP contribution in [0.25, 0.3) is 0 Å². The van der Waals surface area contributed by atoms with Gasteiger partial charge in [0.25, 0.3) is 0 Å². The lowest BCUT2D eigenvalue weighted by Gasteiger charge is -2.01. The van der Waals surface area contributed by atoms with Crippen molar-refractivity contribution in [2.24, 2.45) is 5.73 Å². The molecule has 1 aromatic carbocycles. The Hall–Kier alpha value is -0.890. The van der Waals surface area contributed by atoms with Crippen molar-refractivity contribution in [2.45, 2.75) is 16.7 Å². The van der Waals surface area contributed by atoms with Crippen LogP contribution < -0.4 is 5.73 Å². The van der Waals surface area contributed by atoms with Crippen molar-refractivity contribution in [1.82, 2.24) is 10.1 Å². The zero-order valence-electron chi connectivity index (χ0n) is 9.41. The molecule has 0 spiro atoms. The van der Waals surface area contributed by atoms with Gasteiger partial charge < -0.3 is 15.4 Å². The molecule has 7 heteroatoms. The fraction of sp³-hybridized carbons (Fsp3) is 0.273. The molecule has 5 nitrogen and oxygen atoms in total. The van der Waals surface area contributed by atoms with Crippen LogP contribution in [-0.4, -0.2) is 21.9 Å². The van der Waals surface area contributed by atoms with Gasteiger partial charge in [0.1, 0.15) is 6.04 Å². The maximum atomic E-state index is 8.88. The quantitative estimate of drug-likeness (QED) is 0.817. The minimum atomic E-state index is -0.611. The van der Waals surface area contributed by atoms with Gasteiger partial charge in [0.2, 0.25) is 5.89 Å². The Balaban J connectivity index is 1.98. The third-order valence-corrected chi connectivity index (χ3v) is 4.21. The topological polar surface area (TPSA) is 85.2 Å². The van der Waals surface area contributed by atoms with Gasteiger partial charge >= 0.3 is 0 Å². The third-order valence-electron chi connectivity index (χ3n) is 2.19. The van der Waals surface area contributed by atoms with Crippen molar-refractivity contribution in [1.29, 1.82) is 0 Å². The summed E-state index contributed by atoms with van der Waals surface area (Å²) in [5, 5.41) is 12.7. The van der Waals surface area contributed by atoms with Crippen molar-refractivity contribution in [3.05, 3.63) is 40.5 Å². The molecule has 2 aromatic rings. The zero-order valence-corrected chi connectivity index (χ0v) is 11.8. The van der Waals surface area contributed by atoms with E-state index in [-0.39, 0.29) is 12.5 Å². The molecule has 1 heterocycles. The van der Waals surface area contributed by atoms with Crippen LogP contribution in [0.5, 0.6) is 0 Å². The molecule has 96 valence electrons. The van der Waals surface area contributed by atoms with E-state index in [1.807, 2.05) is 24.3 Å². The zero-order chi connectivity index (χ0) is 13.0. The third kappa shape index (κ3) is 3.32. The van der Waals surface area contributed by atoms with Gasteiger partial charge in [-0.1, -0.05) is 17.3 Å². The van der Waals surface area contributed by atoms with E-state index in [0.717, 1.165) is 9.37 Å². The minimum absolute atomic E-state index is 0.209. The van der Waals surface area contributed by atoms with Crippen molar-refractivity contribution in [3.63, 3.8) is 0 Å². The molecule has 1 aromatic heterocycles. The Morgan fingerprint density at radius 1 is 1.44 bits per heavy atom. The Kier molecular flexibility index (Phi) is 4.76. The number of aliphatic hydroxyl groups is 1. The van der Waals surface area contributed by atoms with Crippen LogP contribution in [0.15, 0.2) is 38.2 Å². The van der Waals surface area contributed by atoms with Crippen LogP contribution in [0.2, 0.25) is 0 Å². The summed E-state index contributed by atoms with van der Waals surface area (Å²) in [7, 11) is 0. The maximum absolute atomic E-state index is 8.88. The van der Waals surface area contributed by atoms with Gasteiger partial charge in [0.15, 0.2) is 5.82 Å². The molecule has 2 rings (SSSR count). The smallest absolute Gasteiger partial charge is 0.245 e. The van der Waals surface area contributed by atoms with Gasteiger partial charge in [-0.3, -0.25) is 0 Å². The van der Waals surface area contributed by atoms with E-state index >= 15 is 0 Å². The standard InChI is InChI=1S/C11H12BrN3O2S/c12-7-3-1-2-4-9(7)18-6-10-14-11(17-15-10)8(13)5-16/h1-4,8,16H,5-6,13H2/t8-/m1/s1. The van der Waals surface area contributed by atoms with Crippen molar-refractivity contribution in [3.8, 4) is 0 Å². The Morgan fingerprint density at radius 3 is 2.94 bits per heavy atom. The largest absolute Gasteiger partial charge is 0.394 e. The summed E-state index contributed by atoms with van der Waals surface area (Å²) in [6.07, 6.45) is 0. The molecule has 0 saturated carbocycles. The predicted molar refractivity (Wildman–Crippen MR) is 72.0 cm³/mol. The highest BCUT2D eigenvalue weighted by Crippen LogP contribution is 2.29. The molecular formula is C11H12BrN3O2S. The van der Waals surface area contributed by atoms with E-state index in [9.17, 15) is 0 Å². The van der Waals surface area contributed by atoms with Crippen LogP contribution in [0, 0.1) is 0 Å². The number of benzene rings is 1. The second-order valence-corrected chi connectivity index (χ2v) is 5.43. The van der Waals surface area contributed by atoms with Gasteiger partial charge in [-0.25, -0.2) is 0 Å². The van der Waals surface area contributed by atoms with Crippen molar-refractivity contribution < 1.29 is 9.63 Å². The van der Waals surface area contributed by atoms with Crippen LogP contribution in [0.3, 0.4) is 0 Å². The molecular weight excluding hydrogens is 318 g/mol. The Bertz CT molecular complexity index is 520. The average molecular weight is 330 g/mol. The van der Waals surface area contributed by atoms with E-state index < -0.39 is 6.04 Å². The van der Waals surface area contributed by atoms with Crippen molar-refractivity contribution in [2.75, 3.05) is 6.61 Å². The molecule has 1 atom stereocenters. The van der Waals surface area contributed by atoms with E-state index in [4.69, 9.17) is 15.4 Å². The lowest BCUT2D eigenvalue weighted by Crippen LogP contribution is -2.14. The summed E-state index contributed by atoms with van der Waals surface area (Å²) in [6, 6.07) is 7.30. The lowest BCUT2D eigenvalue weighted by atomic mass is 10.3. The van der Waals surface area contributed by atoms with Gasteiger partial charge in [-0.05, 0) is 28.1 Å². The molecule has 0 aliphatic carbocycles. The summed E-state index contributed by atoms with van der Waals surface area (Å²) in [5.74, 6) is 1.42. The first-order valence-electron chi connectivity index (χ1n) is 5.27. The number of nitrogens with two attached hydrogens (primary N) is 1. The highest BCUT2D eigenvalue weighted by Gasteiger charge is 2.13. The maximum Gasteiger partial charge on any atom is 0.245 e. The summed E-state index contributed by atoms with van der Waals surface area (Å²) >= 11 is 5.07. The highest BCUT2D eigenvalue weighted by molar-refractivity contribution is 9.10. The van der Waals surface area contributed by atoms with Gasteiger partial charge in [-0.15, -0.1) is 11.8 Å². The molecule has 0 radical (unpaired) electrons. The fourth-order valence-electron chi connectivity index (χ4n) is 1.26. The van der Waals surface area contributed by atoms with Crippen LogP contribution in [0.1, 0.15) is 17.8 Å². The van der Waals surface area contributed by atoms with E-state index in [1.165, 1.54) is 0 Å². The first-order valence-corrected chi connectivity index (χ1v) is 7.05. The second kappa shape index (κ2) is 6.33. The number of aliphatic hydroxyl groups excluding tert-OH is 1. The molecule has 0 unspecified atom stereocenters. The van der Waals surface area contributed by atoms with E-state index in [2.05, 4.69) is 26.1 Å². The number of aromatic nitrogens is 2. The number of thioether (sulfide) groups is 1. The highest BCUT2D eigenvalue weighted by atomic mass is 79.9. The van der Waals surface area contributed by atoms with E-state index in [0.29, 0.717) is 11.6 Å². The molecule has 18 heavy (non-hydrogen) atoms. The SMILES string of the molecule is N[C@H](CO)c1nc(CSc2ccccc2Br)no1. The monoisotopic (exact) mass is 329 g/mol. The molecule has 0 bridgehead atoms. The number of hydrogen-bond donors (Lipinski definition) is 2. The minimum Gasteiger partial charge on any atom is -0.394 e. The van der Waals surface area contributed by atoms with E-state index in [1.54, 1.807) is 11.8 Å². The normalized spacial score (nSPS) is 12.6.